The molecular weight excluding hydrogens is 406 g/mol. The Morgan fingerprint density at radius 3 is 2.34 bits per heavy atom. The number of aliphatic hydroxyl groups excluding tert-OH is 2. The Labute approximate surface area is 186 Å². The number of aromatic hydroxyl groups is 1. The second kappa shape index (κ2) is 8.72. The van der Waals surface area contributed by atoms with Gasteiger partial charge in [0.15, 0.2) is 5.82 Å². The molecule has 32 heavy (non-hydrogen) atoms. The average molecular weight is 434 g/mol. The average Bonchev–Trinajstić information content (AvgIpc) is 3.32. The van der Waals surface area contributed by atoms with Crippen molar-refractivity contribution in [3.63, 3.8) is 0 Å². The molecule has 166 valence electrons. The Balaban J connectivity index is 1.61. The first-order valence-electron chi connectivity index (χ1n) is 11.0. The molecule has 0 amide bonds. The smallest absolute Gasteiger partial charge is 0.231 e. The van der Waals surface area contributed by atoms with Crippen molar-refractivity contribution in [1.82, 2.24) is 15.0 Å². The maximum absolute atomic E-state index is 10.1. The van der Waals surface area contributed by atoms with Crippen LogP contribution < -0.4 is 9.80 Å². The summed E-state index contributed by atoms with van der Waals surface area (Å²) in [7, 11) is 0. The van der Waals surface area contributed by atoms with Crippen LogP contribution in [-0.4, -0.2) is 62.1 Å². The second-order valence-electron chi connectivity index (χ2n) is 8.42. The molecule has 0 bridgehead atoms. The van der Waals surface area contributed by atoms with Gasteiger partial charge in [-0.2, -0.15) is 15.0 Å². The zero-order chi connectivity index (χ0) is 22.1. The van der Waals surface area contributed by atoms with Gasteiger partial charge in [0.25, 0.3) is 0 Å². The van der Waals surface area contributed by atoms with E-state index in [0.717, 1.165) is 19.4 Å². The van der Waals surface area contributed by atoms with Crippen molar-refractivity contribution in [2.45, 2.75) is 37.9 Å². The molecule has 3 aromatic rings. The molecule has 1 fully saturated rings. The summed E-state index contributed by atoms with van der Waals surface area (Å²) in [6.45, 7) is 1.38. The predicted molar refractivity (Wildman–Crippen MR) is 122 cm³/mol. The molecule has 2 aromatic carbocycles. The van der Waals surface area contributed by atoms with Crippen LogP contribution in [0.15, 0.2) is 48.5 Å². The van der Waals surface area contributed by atoms with Gasteiger partial charge in [-0.05, 0) is 42.5 Å². The Morgan fingerprint density at radius 2 is 1.59 bits per heavy atom. The minimum Gasteiger partial charge on any atom is -0.508 e. The van der Waals surface area contributed by atoms with E-state index in [1.54, 1.807) is 18.2 Å². The van der Waals surface area contributed by atoms with Gasteiger partial charge in [0.05, 0.1) is 25.3 Å². The molecule has 1 aromatic heterocycles. The van der Waals surface area contributed by atoms with Crippen molar-refractivity contribution in [2.24, 2.45) is 0 Å². The lowest BCUT2D eigenvalue weighted by Gasteiger charge is -2.36. The van der Waals surface area contributed by atoms with Crippen molar-refractivity contribution < 1.29 is 15.3 Å². The fraction of sp³-hybridized carbons (Fsp3) is 0.375. The monoisotopic (exact) mass is 433 g/mol. The van der Waals surface area contributed by atoms with Crippen molar-refractivity contribution >= 4 is 11.9 Å². The van der Waals surface area contributed by atoms with Gasteiger partial charge >= 0.3 is 0 Å². The van der Waals surface area contributed by atoms with Crippen molar-refractivity contribution in [1.29, 1.82) is 0 Å². The number of hydrogen-bond acceptors (Lipinski definition) is 8. The Hall–Kier alpha value is -3.23. The van der Waals surface area contributed by atoms with Crippen molar-refractivity contribution in [3.05, 3.63) is 59.7 Å². The highest BCUT2D eigenvalue weighted by molar-refractivity contribution is 5.61. The quantitative estimate of drug-likeness (QED) is 0.562. The summed E-state index contributed by atoms with van der Waals surface area (Å²) in [5.74, 6) is 1.60. The first-order chi connectivity index (χ1) is 15.7. The van der Waals surface area contributed by atoms with E-state index in [9.17, 15) is 15.3 Å². The van der Waals surface area contributed by atoms with E-state index in [-0.39, 0.29) is 31.0 Å². The van der Waals surface area contributed by atoms with E-state index >= 15 is 0 Å². The number of benzene rings is 2. The third-order valence-electron chi connectivity index (χ3n) is 6.38. The minimum atomic E-state index is -0.149. The number of phenolic OH excluding ortho intramolecular Hbond substituents is 1. The third-order valence-corrected chi connectivity index (χ3v) is 6.38. The number of nitrogens with zero attached hydrogens (tertiary/aromatic N) is 5. The van der Waals surface area contributed by atoms with E-state index in [2.05, 4.69) is 12.1 Å². The highest BCUT2D eigenvalue weighted by atomic mass is 16.3. The summed E-state index contributed by atoms with van der Waals surface area (Å²) in [6.07, 6.45) is 2.55. The SMILES string of the molecule is OC[C@@H]1CCCN1c1nc(-c2cccc(O)c2)nc(N2Cc3ccccc3C[C@@H]2CO)n1. The molecule has 2 atom stereocenters. The standard InChI is InChI=1S/C24H27N5O3/c30-14-19-8-4-10-28(19)23-25-22(17-7-3-9-21(32)12-17)26-24(27-23)29-13-18-6-2-1-5-16(18)11-20(29)15-31/h1-3,5-7,9,12,19-20,30-32H,4,8,10-11,13-15H2/t19-,20+/m0/s1. The normalized spacial score (nSPS) is 20.4. The van der Waals surface area contributed by atoms with Gasteiger partial charge in [0.2, 0.25) is 11.9 Å². The largest absolute Gasteiger partial charge is 0.508 e. The lowest BCUT2D eigenvalue weighted by molar-refractivity contribution is 0.252. The number of aromatic nitrogens is 3. The van der Waals surface area contributed by atoms with Crippen LogP contribution in [0.25, 0.3) is 11.4 Å². The molecule has 0 radical (unpaired) electrons. The fourth-order valence-corrected chi connectivity index (χ4v) is 4.66. The van der Waals surface area contributed by atoms with Gasteiger partial charge in [-0.15, -0.1) is 0 Å². The summed E-state index contributed by atoms with van der Waals surface area (Å²) in [4.78, 5) is 18.3. The van der Waals surface area contributed by atoms with Crippen LogP contribution in [0.1, 0.15) is 24.0 Å². The number of phenols is 1. The highest BCUT2D eigenvalue weighted by Gasteiger charge is 2.31. The molecule has 2 aliphatic heterocycles. The minimum absolute atomic E-state index is 0.0141. The van der Waals surface area contributed by atoms with Gasteiger partial charge in [0, 0.05) is 18.7 Å². The number of rotatable bonds is 5. The number of anilines is 2. The molecule has 0 aliphatic carbocycles. The summed E-state index contributed by atoms with van der Waals surface area (Å²) in [5.41, 5.74) is 3.10. The van der Waals surface area contributed by atoms with Crippen LogP contribution in [0.3, 0.4) is 0 Å². The van der Waals surface area contributed by atoms with Gasteiger partial charge in [-0.1, -0.05) is 36.4 Å². The van der Waals surface area contributed by atoms with Gasteiger partial charge in [0.1, 0.15) is 5.75 Å². The summed E-state index contributed by atoms with van der Waals surface area (Å²) in [6, 6.07) is 14.9. The molecule has 3 N–H and O–H groups in total. The van der Waals surface area contributed by atoms with E-state index in [4.69, 9.17) is 15.0 Å². The molecule has 5 rings (SSSR count). The molecule has 1 saturated heterocycles. The molecule has 3 heterocycles. The van der Waals surface area contributed by atoms with Crippen LogP contribution in [0, 0.1) is 0 Å². The molecule has 0 saturated carbocycles. The second-order valence-corrected chi connectivity index (χ2v) is 8.42. The molecule has 8 heteroatoms. The maximum Gasteiger partial charge on any atom is 0.231 e. The fourth-order valence-electron chi connectivity index (χ4n) is 4.66. The van der Waals surface area contributed by atoms with Gasteiger partial charge < -0.3 is 25.1 Å². The zero-order valence-electron chi connectivity index (χ0n) is 17.8. The van der Waals surface area contributed by atoms with E-state index in [1.807, 2.05) is 28.0 Å². The van der Waals surface area contributed by atoms with E-state index < -0.39 is 0 Å². The first kappa shape index (κ1) is 20.7. The lowest BCUT2D eigenvalue weighted by atomic mass is 9.94. The number of fused-ring (bicyclic) bond motifs is 1. The lowest BCUT2D eigenvalue weighted by Crippen LogP contribution is -2.44. The highest BCUT2D eigenvalue weighted by Crippen LogP contribution is 2.31. The Kier molecular flexibility index (Phi) is 5.63. The number of aliphatic hydroxyl groups is 2. The molecule has 8 nitrogen and oxygen atoms in total. The van der Waals surface area contributed by atoms with Crippen LogP contribution in [0.5, 0.6) is 5.75 Å². The van der Waals surface area contributed by atoms with Gasteiger partial charge in [-0.3, -0.25) is 0 Å². The van der Waals surface area contributed by atoms with E-state index in [1.165, 1.54) is 11.1 Å². The predicted octanol–water partition coefficient (Wildman–Crippen LogP) is 2.13. The molecule has 0 unspecified atom stereocenters. The maximum atomic E-state index is 10.1. The third kappa shape index (κ3) is 3.87. The van der Waals surface area contributed by atoms with Crippen LogP contribution in [-0.2, 0) is 13.0 Å². The molecule has 2 aliphatic rings. The molecular formula is C24H27N5O3. The van der Waals surface area contributed by atoms with Gasteiger partial charge in [-0.25, -0.2) is 0 Å². The van der Waals surface area contributed by atoms with Crippen molar-refractivity contribution in [3.8, 4) is 17.1 Å². The Morgan fingerprint density at radius 1 is 0.844 bits per heavy atom. The van der Waals surface area contributed by atoms with Crippen LogP contribution in [0.4, 0.5) is 11.9 Å². The topological polar surface area (TPSA) is 106 Å². The summed E-state index contributed by atoms with van der Waals surface area (Å²) < 4.78 is 0. The van der Waals surface area contributed by atoms with Crippen LogP contribution in [0.2, 0.25) is 0 Å². The molecule has 0 spiro atoms. The van der Waals surface area contributed by atoms with E-state index in [0.29, 0.717) is 36.3 Å². The number of hydrogen-bond donors (Lipinski definition) is 3. The summed E-state index contributed by atoms with van der Waals surface area (Å²) in [5, 5.41) is 30.0. The summed E-state index contributed by atoms with van der Waals surface area (Å²) >= 11 is 0. The first-order valence-corrected chi connectivity index (χ1v) is 11.0. The zero-order valence-corrected chi connectivity index (χ0v) is 17.8. The van der Waals surface area contributed by atoms with Crippen molar-refractivity contribution in [2.75, 3.05) is 29.6 Å². The van der Waals surface area contributed by atoms with Crippen LogP contribution >= 0.6 is 0 Å². The Bertz CT molecular complexity index is 1110.